The van der Waals surface area contributed by atoms with Gasteiger partial charge in [-0.15, -0.1) is 0 Å². The van der Waals surface area contributed by atoms with Gasteiger partial charge in [0.15, 0.2) is 0 Å². The first kappa shape index (κ1) is 22.2. The summed E-state index contributed by atoms with van der Waals surface area (Å²) >= 11 is 0. The molecule has 0 atom stereocenters. The van der Waals surface area contributed by atoms with Crippen LogP contribution in [0.15, 0.2) is 18.2 Å². The highest BCUT2D eigenvalue weighted by Gasteiger charge is 2.13. The summed E-state index contributed by atoms with van der Waals surface area (Å²) in [6, 6.07) is 5.80. The van der Waals surface area contributed by atoms with E-state index in [1.807, 2.05) is 32.0 Å². The zero-order valence-corrected chi connectivity index (χ0v) is 16.8. The molecule has 1 rings (SSSR count). The Hall–Kier alpha value is -1.84. The maximum absolute atomic E-state index is 12.0. The molecule has 0 heterocycles. The van der Waals surface area contributed by atoms with Crippen molar-refractivity contribution in [3.05, 3.63) is 29.3 Å². The fraction of sp³-hybridized carbons (Fsp3) is 0.636. The van der Waals surface area contributed by atoms with Gasteiger partial charge in [-0.25, -0.2) is 0 Å². The minimum Gasteiger partial charge on any atom is -0.348 e. The molecule has 0 aliphatic carbocycles. The van der Waals surface area contributed by atoms with Crippen molar-refractivity contribution in [1.82, 2.24) is 5.32 Å². The van der Waals surface area contributed by atoms with Gasteiger partial charge in [0, 0.05) is 12.2 Å². The van der Waals surface area contributed by atoms with Crippen LogP contribution in [0.5, 0.6) is 0 Å². The molecule has 0 radical (unpaired) electrons. The summed E-state index contributed by atoms with van der Waals surface area (Å²) in [5.74, 6) is -1.15. The third-order valence-electron chi connectivity index (χ3n) is 4.66. The third-order valence-corrected chi connectivity index (χ3v) is 4.66. The topological polar surface area (TPSA) is 58.2 Å². The number of unbranched alkanes of at least 4 members (excludes halogenated alkanes) is 9. The van der Waals surface area contributed by atoms with Gasteiger partial charge in [0.1, 0.15) is 0 Å². The first-order valence-electron chi connectivity index (χ1n) is 10.2. The standard InChI is InChI=1S/C22H36N2O2/c1-4-5-6-7-8-9-10-11-12-13-16-23-21(25)22(26)24-20-17-18(2)14-15-19(20)3/h14-15,17H,4-13,16H2,1-3H3,(H,23,25)(H,24,26). The Morgan fingerprint density at radius 2 is 1.38 bits per heavy atom. The second-order valence-corrected chi connectivity index (χ2v) is 7.21. The number of anilines is 1. The third kappa shape index (κ3) is 9.59. The molecule has 1 aromatic carbocycles. The first-order valence-corrected chi connectivity index (χ1v) is 10.2. The van der Waals surface area contributed by atoms with Crippen LogP contribution in [0.3, 0.4) is 0 Å². The smallest absolute Gasteiger partial charge is 0.313 e. The Kier molecular flexibility index (Phi) is 11.4. The molecule has 26 heavy (non-hydrogen) atoms. The molecular formula is C22H36N2O2. The largest absolute Gasteiger partial charge is 0.348 e. The van der Waals surface area contributed by atoms with Crippen LogP contribution in [0.25, 0.3) is 0 Å². The van der Waals surface area contributed by atoms with Crippen molar-refractivity contribution in [3.63, 3.8) is 0 Å². The first-order chi connectivity index (χ1) is 12.5. The number of carbonyl (C=O) groups excluding carboxylic acids is 2. The second-order valence-electron chi connectivity index (χ2n) is 7.21. The van der Waals surface area contributed by atoms with Crippen molar-refractivity contribution in [2.24, 2.45) is 0 Å². The molecule has 0 bridgehead atoms. The zero-order chi connectivity index (χ0) is 19.2. The predicted molar refractivity (Wildman–Crippen MR) is 109 cm³/mol. The number of carbonyl (C=O) groups is 2. The van der Waals surface area contributed by atoms with E-state index < -0.39 is 11.8 Å². The van der Waals surface area contributed by atoms with Gasteiger partial charge in [-0.3, -0.25) is 9.59 Å². The molecule has 0 aliphatic heterocycles. The highest BCUT2D eigenvalue weighted by Crippen LogP contribution is 2.16. The molecule has 2 N–H and O–H groups in total. The molecule has 0 aromatic heterocycles. The molecule has 0 aliphatic rings. The number of nitrogens with one attached hydrogen (secondary N) is 2. The lowest BCUT2D eigenvalue weighted by atomic mass is 10.1. The van der Waals surface area contributed by atoms with Gasteiger partial charge in [0.05, 0.1) is 0 Å². The van der Waals surface area contributed by atoms with Crippen LogP contribution in [-0.2, 0) is 9.59 Å². The minimum atomic E-state index is -0.592. The Morgan fingerprint density at radius 1 is 0.808 bits per heavy atom. The van der Waals surface area contributed by atoms with Gasteiger partial charge in [-0.1, -0.05) is 76.8 Å². The van der Waals surface area contributed by atoms with Crippen LogP contribution >= 0.6 is 0 Å². The SMILES string of the molecule is CCCCCCCCCCCCNC(=O)C(=O)Nc1cc(C)ccc1C. The monoisotopic (exact) mass is 360 g/mol. The van der Waals surface area contributed by atoms with E-state index in [2.05, 4.69) is 17.6 Å². The molecule has 0 saturated heterocycles. The molecule has 2 amide bonds. The van der Waals surface area contributed by atoms with Gasteiger partial charge < -0.3 is 10.6 Å². The molecule has 0 spiro atoms. The summed E-state index contributed by atoms with van der Waals surface area (Å²) in [6.07, 6.45) is 12.6. The van der Waals surface area contributed by atoms with Gasteiger partial charge in [-0.05, 0) is 37.5 Å². The molecule has 4 nitrogen and oxygen atoms in total. The quantitative estimate of drug-likeness (QED) is 0.393. The van der Waals surface area contributed by atoms with Crippen molar-refractivity contribution in [1.29, 1.82) is 0 Å². The summed E-state index contributed by atoms with van der Waals surface area (Å²) in [4.78, 5) is 23.8. The maximum atomic E-state index is 12.0. The van der Waals surface area contributed by atoms with Crippen molar-refractivity contribution < 1.29 is 9.59 Å². The van der Waals surface area contributed by atoms with Crippen LogP contribution in [0.1, 0.15) is 82.3 Å². The van der Waals surface area contributed by atoms with Crippen molar-refractivity contribution in [2.45, 2.75) is 85.0 Å². The van der Waals surface area contributed by atoms with E-state index in [1.165, 1.54) is 51.4 Å². The van der Waals surface area contributed by atoms with Crippen LogP contribution in [-0.4, -0.2) is 18.4 Å². The fourth-order valence-electron chi connectivity index (χ4n) is 2.94. The lowest BCUT2D eigenvalue weighted by molar-refractivity contribution is -0.136. The van der Waals surface area contributed by atoms with Gasteiger partial charge in [0.25, 0.3) is 0 Å². The molecule has 0 unspecified atom stereocenters. The number of benzene rings is 1. The van der Waals surface area contributed by atoms with E-state index in [0.29, 0.717) is 12.2 Å². The van der Waals surface area contributed by atoms with Crippen molar-refractivity contribution >= 4 is 17.5 Å². The fourth-order valence-corrected chi connectivity index (χ4v) is 2.94. The maximum Gasteiger partial charge on any atom is 0.313 e. The number of amides is 2. The van der Waals surface area contributed by atoms with E-state index in [4.69, 9.17) is 0 Å². The van der Waals surface area contributed by atoms with Crippen LogP contribution in [0, 0.1) is 13.8 Å². The Labute approximate surface area is 159 Å². The van der Waals surface area contributed by atoms with E-state index in [9.17, 15) is 9.59 Å². The minimum absolute atomic E-state index is 0.554. The Morgan fingerprint density at radius 3 is 2.00 bits per heavy atom. The average Bonchev–Trinajstić information content (AvgIpc) is 2.62. The van der Waals surface area contributed by atoms with Crippen molar-refractivity contribution in [3.8, 4) is 0 Å². The molecule has 0 fully saturated rings. The number of hydrogen-bond donors (Lipinski definition) is 2. The lowest BCUT2D eigenvalue weighted by Gasteiger charge is -2.09. The molecule has 4 heteroatoms. The molecule has 1 aromatic rings. The van der Waals surface area contributed by atoms with Crippen LogP contribution in [0.2, 0.25) is 0 Å². The van der Waals surface area contributed by atoms with Gasteiger partial charge in [-0.2, -0.15) is 0 Å². The normalized spacial score (nSPS) is 10.6. The van der Waals surface area contributed by atoms with E-state index >= 15 is 0 Å². The van der Waals surface area contributed by atoms with Crippen LogP contribution < -0.4 is 10.6 Å². The number of hydrogen-bond acceptors (Lipinski definition) is 2. The van der Waals surface area contributed by atoms with Crippen LogP contribution in [0.4, 0.5) is 5.69 Å². The Balaban J connectivity index is 2.07. The summed E-state index contributed by atoms with van der Waals surface area (Å²) in [6.45, 7) is 6.68. The van der Waals surface area contributed by atoms with Crippen molar-refractivity contribution in [2.75, 3.05) is 11.9 Å². The van der Waals surface area contributed by atoms with E-state index in [0.717, 1.165) is 24.0 Å². The summed E-state index contributed by atoms with van der Waals surface area (Å²) in [7, 11) is 0. The zero-order valence-electron chi connectivity index (χ0n) is 16.8. The molecular weight excluding hydrogens is 324 g/mol. The van der Waals surface area contributed by atoms with Gasteiger partial charge in [0.2, 0.25) is 0 Å². The average molecular weight is 361 g/mol. The highest BCUT2D eigenvalue weighted by molar-refractivity contribution is 6.39. The summed E-state index contributed by atoms with van der Waals surface area (Å²) in [5, 5.41) is 5.40. The van der Waals surface area contributed by atoms with Gasteiger partial charge >= 0.3 is 11.8 Å². The second kappa shape index (κ2) is 13.4. The Bertz CT molecular complexity index is 555. The lowest BCUT2D eigenvalue weighted by Crippen LogP contribution is -2.36. The molecule has 146 valence electrons. The van der Waals surface area contributed by atoms with E-state index in [1.54, 1.807) is 0 Å². The number of aryl methyl sites for hydroxylation is 2. The number of rotatable bonds is 12. The van der Waals surface area contributed by atoms with E-state index in [-0.39, 0.29) is 0 Å². The predicted octanol–water partition coefficient (Wildman–Crippen LogP) is 5.28. The summed E-state index contributed by atoms with van der Waals surface area (Å²) in [5.41, 5.74) is 2.70. The highest BCUT2D eigenvalue weighted by atomic mass is 16.2. The molecule has 0 saturated carbocycles. The summed E-state index contributed by atoms with van der Waals surface area (Å²) < 4.78 is 0.